The Kier molecular flexibility index (Phi) is 3.73. The van der Waals surface area contributed by atoms with Crippen LogP contribution in [-0.4, -0.2) is 19.0 Å². The number of nitrogens with zero attached hydrogens (tertiary/aromatic N) is 2. The second kappa shape index (κ2) is 4.83. The van der Waals surface area contributed by atoms with Gasteiger partial charge in [-0.1, -0.05) is 15.9 Å². The van der Waals surface area contributed by atoms with Crippen molar-refractivity contribution in [3.05, 3.63) is 40.0 Å². The van der Waals surface area contributed by atoms with Crippen molar-refractivity contribution in [3.8, 4) is 6.07 Å². The van der Waals surface area contributed by atoms with Gasteiger partial charge in [0.15, 0.2) is 0 Å². The molecule has 0 bridgehead atoms. The zero-order valence-corrected chi connectivity index (χ0v) is 9.75. The van der Waals surface area contributed by atoms with E-state index in [1.54, 1.807) is 6.07 Å². The first kappa shape index (κ1) is 10.8. The van der Waals surface area contributed by atoms with Gasteiger partial charge >= 0.3 is 0 Å². The first-order chi connectivity index (χ1) is 6.63. The lowest BCUT2D eigenvalue weighted by molar-refractivity contribution is 0.567. The summed E-state index contributed by atoms with van der Waals surface area (Å²) in [6.45, 7) is 0. The number of hydrogen-bond acceptors (Lipinski definition) is 2. The molecule has 1 rings (SSSR count). The highest BCUT2D eigenvalue weighted by Gasteiger charge is 1.98. The molecule has 0 fully saturated rings. The third-order valence-corrected chi connectivity index (χ3v) is 2.18. The number of nitriles is 1. The van der Waals surface area contributed by atoms with E-state index in [0.717, 1.165) is 10.0 Å². The van der Waals surface area contributed by atoms with E-state index in [1.807, 2.05) is 43.4 Å². The van der Waals surface area contributed by atoms with Gasteiger partial charge in [-0.25, -0.2) is 0 Å². The molecule has 72 valence electrons. The van der Waals surface area contributed by atoms with E-state index in [0.29, 0.717) is 5.56 Å². The molecule has 0 aliphatic heterocycles. The van der Waals surface area contributed by atoms with Gasteiger partial charge in [0.2, 0.25) is 0 Å². The van der Waals surface area contributed by atoms with Gasteiger partial charge in [-0.3, -0.25) is 0 Å². The van der Waals surface area contributed by atoms with Crippen LogP contribution >= 0.6 is 15.9 Å². The number of halogens is 1. The topological polar surface area (TPSA) is 27.0 Å². The summed E-state index contributed by atoms with van der Waals surface area (Å²) in [7, 11) is 3.89. The lowest BCUT2D eigenvalue weighted by atomic mass is 10.1. The van der Waals surface area contributed by atoms with Crippen molar-refractivity contribution in [2.24, 2.45) is 0 Å². The molecule has 0 aliphatic rings. The summed E-state index contributed by atoms with van der Waals surface area (Å²) in [6, 6.07) is 7.76. The molecule has 0 amide bonds. The molecular weight excluding hydrogens is 240 g/mol. The molecule has 0 N–H and O–H groups in total. The highest BCUT2D eigenvalue weighted by molar-refractivity contribution is 9.10. The fraction of sp³-hybridized carbons (Fsp3) is 0.182. The van der Waals surface area contributed by atoms with Crippen LogP contribution in [-0.2, 0) is 0 Å². The number of rotatable bonds is 2. The first-order valence-corrected chi connectivity index (χ1v) is 4.97. The van der Waals surface area contributed by atoms with E-state index in [-0.39, 0.29) is 0 Å². The summed E-state index contributed by atoms with van der Waals surface area (Å²) in [5.74, 6) is 0. The van der Waals surface area contributed by atoms with Crippen molar-refractivity contribution in [2.45, 2.75) is 0 Å². The Labute approximate surface area is 92.6 Å². The van der Waals surface area contributed by atoms with Crippen LogP contribution in [0.5, 0.6) is 0 Å². The van der Waals surface area contributed by atoms with Crippen LogP contribution < -0.4 is 0 Å². The second-order valence-electron chi connectivity index (χ2n) is 3.12. The van der Waals surface area contributed by atoms with Crippen molar-refractivity contribution in [1.82, 2.24) is 4.90 Å². The third-order valence-electron chi connectivity index (χ3n) is 1.69. The molecule has 1 aromatic rings. The Morgan fingerprint density at radius 2 is 2.14 bits per heavy atom. The molecule has 0 radical (unpaired) electrons. The maximum absolute atomic E-state index is 8.86. The molecule has 0 aromatic heterocycles. The van der Waals surface area contributed by atoms with E-state index in [4.69, 9.17) is 5.26 Å². The van der Waals surface area contributed by atoms with Gasteiger partial charge < -0.3 is 4.90 Å². The van der Waals surface area contributed by atoms with Crippen molar-refractivity contribution < 1.29 is 0 Å². The molecule has 14 heavy (non-hydrogen) atoms. The number of hydrogen-bond donors (Lipinski definition) is 0. The maximum Gasteiger partial charge on any atom is 0.0997 e. The Bertz CT molecular complexity index is 389. The Balaban J connectivity index is 3.06. The van der Waals surface area contributed by atoms with Crippen molar-refractivity contribution >= 4 is 22.0 Å². The van der Waals surface area contributed by atoms with Crippen molar-refractivity contribution in [2.75, 3.05) is 14.1 Å². The molecule has 3 heteroatoms. The number of benzene rings is 1. The highest BCUT2D eigenvalue weighted by atomic mass is 79.9. The van der Waals surface area contributed by atoms with E-state index < -0.39 is 0 Å². The summed E-state index contributed by atoms with van der Waals surface area (Å²) in [5.41, 5.74) is 1.61. The zero-order chi connectivity index (χ0) is 10.6. The van der Waals surface area contributed by atoms with Gasteiger partial charge in [0.25, 0.3) is 0 Å². The minimum Gasteiger partial charge on any atom is -0.383 e. The van der Waals surface area contributed by atoms with Gasteiger partial charge in [-0.05, 0) is 36.0 Å². The summed E-state index contributed by atoms with van der Waals surface area (Å²) in [4.78, 5) is 1.93. The summed E-state index contributed by atoms with van der Waals surface area (Å²) in [6.07, 6.45) is 3.84. The highest BCUT2D eigenvalue weighted by Crippen LogP contribution is 2.17. The molecular formula is C11H11BrN2. The predicted octanol–water partition coefficient (Wildman–Crippen LogP) is 2.85. The molecule has 0 saturated heterocycles. The van der Waals surface area contributed by atoms with Gasteiger partial charge in [0.05, 0.1) is 11.6 Å². The monoisotopic (exact) mass is 250 g/mol. The summed E-state index contributed by atoms with van der Waals surface area (Å²) >= 11 is 3.38. The van der Waals surface area contributed by atoms with Gasteiger partial charge in [-0.2, -0.15) is 5.26 Å². The molecule has 0 saturated carbocycles. The van der Waals surface area contributed by atoms with Crippen LogP contribution in [0.15, 0.2) is 28.9 Å². The van der Waals surface area contributed by atoms with Crippen LogP contribution in [0.25, 0.3) is 6.08 Å². The maximum atomic E-state index is 8.86. The molecule has 0 heterocycles. The van der Waals surface area contributed by atoms with Crippen LogP contribution in [0.4, 0.5) is 0 Å². The Hall–Kier alpha value is -1.27. The molecule has 0 unspecified atom stereocenters. The normalized spacial score (nSPS) is 10.1. The minimum absolute atomic E-state index is 0.686. The molecule has 0 spiro atoms. The largest absolute Gasteiger partial charge is 0.383 e. The fourth-order valence-corrected chi connectivity index (χ4v) is 1.38. The van der Waals surface area contributed by atoms with E-state index in [9.17, 15) is 0 Å². The van der Waals surface area contributed by atoms with Crippen LogP contribution in [0.1, 0.15) is 11.1 Å². The standard InChI is InChI=1S/C11H11BrN2/c1-14(2)6-5-9-7-11(12)4-3-10(9)8-13/h3-7H,1-2H3/b6-5+. The van der Waals surface area contributed by atoms with Crippen molar-refractivity contribution in [1.29, 1.82) is 5.26 Å². The predicted molar refractivity (Wildman–Crippen MR) is 61.6 cm³/mol. The lowest BCUT2D eigenvalue weighted by Gasteiger charge is -2.04. The molecule has 0 atom stereocenters. The van der Waals surface area contributed by atoms with Crippen LogP contribution in [0.3, 0.4) is 0 Å². The third kappa shape index (κ3) is 2.90. The van der Waals surface area contributed by atoms with E-state index >= 15 is 0 Å². The van der Waals surface area contributed by atoms with Gasteiger partial charge in [0, 0.05) is 18.6 Å². The van der Waals surface area contributed by atoms with Gasteiger partial charge in [0.1, 0.15) is 0 Å². The van der Waals surface area contributed by atoms with Crippen LogP contribution in [0.2, 0.25) is 0 Å². The van der Waals surface area contributed by atoms with Crippen molar-refractivity contribution in [3.63, 3.8) is 0 Å². The second-order valence-corrected chi connectivity index (χ2v) is 4.04. The van der Waals surface area contributed by atoms with Gasteiger partial charge in [-0.15, -0.1) is 0 Å². The summed E-state index contributed by atoms with van der Waals surface area (Å²) in [5, 5.41) is 8.86. The molecule has 1 aromatic carbocycles. The average molecular weight is 251 g/mol. The minimum atomic E-state index is 0.686. The first-order valence-electron chi connectivity index (χ1n) is 4.18. The lowest BCUT2D eigenvalue weighted by Crippen LogP contribution is -1.99. The average Bonchev–Trinajstić information content (AvgIpc) is 2.15. The molecule has 2 nitrogen and oxygen atoms in total. The van der Waals surface area contributed by atoms with E-state index in [2.05, 4.69) is 22.0 Å². The fourth-order valence-electron chi connectivity index (χ4n) is 1.00. The summed E-state index contributed by atoms with van der Waals surface area (Å²) < 4.78 is 0.981. The molecule has 0 aliphatic carbocycles. The van der Waals surface area contributed by atoms with Crippen LogP contribution in [0, 0.1) is 11.3 Å². The SMILES string of the molecule is CN(C)/C=C/c1cc(Br)ccc1C#N. The zero-order valence-electron chi connectivity index (χ0n) is 8.16. The Morgan fingerprint density at radius 3 is 2.71 bits per heavy atom. The Morgan fingerprint density at radius 1 is 1.43 bits per heavy atom. The quantitative estimate of drug-likeness (QED) is 0.808. The van der Waals surface area contributed by atoms with E-state index in [1.165, 1.54) is 0 Å². The smallest absolute Gasteiger partial charge is 0.0997 e.